The van der Waals surface area contributed by atoms with E-state index in [2.05, 4.69) is 34.4 Å². The van der Waals surface area contributed by atoms with Crippen LogP contribution in [0.5, 0.6) is 0 Å². The van der Waals surface area contributed by atoms with Crippen LogP contribution < -0.4 is 0 Å². The van der Waals surface area contributed by atoms with Crippen molar-refractivity contribution >= 4 is 11.3 Å². The van der Waals surface area contributed by atoms with E-state index in [0.717, 1.165) is 31.6 Å². The molecule has 0 unspecified atom stereocenters. The van der Waals surface area contributed by atoms with Crippen molar-refractivity contribution in [2.24, 2.45) is 17.3 Å². The fraction of sp³-hybridized carbons (Fsp3) is 0.789. The Morgan fingerprint density at radius 2 is 2.09 bits per heavy atom. The van der Waals surface area contributed by atoms with Crippen molar-refractivity contribution in [3.05, 3.63) is 22.4 Å². The Labute approximate surface area is 144 Å². The summed E-state index contributed by atoms with van der Waals surface area (Å²) in [7, 11) is 2.29. The highest BCUT2D eigenvalue weighted by Gasteiger charge is 2.46. The molecular formula is C19H30N2OS. The van der Waals surface area contributed by atoms with Crippen LogP contribution in [0.2, 0.25) is 0 Å². The van der Waals surface area contributed by atoms with Crippen LogP contribution in [-0.2, 0) is 11.3 Å². The maximum atomic E-state index is 6.09. The van der Waals surface area contributed by atoms with Crippen molar-refractivity contribution in [2.75, 3.05) is 46.4 Å². The molecule has 4 rings (SSSR count). The molecule has 0 radical (unpaired) electrons. The molecule has 3 heterocycles. The Morgan fingerprint density at radius 1 is 1.26 bits per heavy atom. The van der Waals surface area contributed by atoms with Gasteiger partial charge in [-0.3, -0.25) is 4.90 Å². The number of thiophene rings is 1. The Kier molecular flexibility index (Phi) is 4.77. The molecule has 0 N–H and O–H groups in total. The van der Waals surface area contributed by atoms with Crippen LogP contribution in [0.25, 0.3) is 0 Å². The maximum absolute atomic E-state index is 6.09. The van der Waals surface area contributed by atoms with E-state index in [1.54, 1.807) is 0 Å². The lowest BCUT2D eigenvalue weighted by Crippen LogP contribution is -2.44. The highest BCUT2D eigenvalue weighted by molar-refractivity contribution is 7.09. The minimum atomic E-state index is 0.518. The van der Waals surface area contributed by atoms with Crippen molar-refractivity contribution < 1.29 is 4.74 Å². The summed E-state index contributed by atoms with van der Waals surface area (Å²) in [5.41, 5.74) is 0.518. The topological polar surface area (TPSA) is 15.7 Å². The van der Waals surface area contributed by atoms with E-state index in [-0.39, 0.29) is 0 Å². The third kappa shape index (κ3) is 3.81. The maximum Gasteiger partial charge on any atom is 0.0512 e. The fourth-order valence-corrected chi connectivity index (χ4v) is 5.28. The smallest absolute Gasteiger partial charge is 0.0512 e. The van der Waals surface area contributed by atoms with Gasteiger partial charge >= 0.3 is 0 Å². The van der Waals surface area contributed by atoms with E-state index in [1.807, 2.05) is 11.3 Å². The second-order valence-corrected chi connectivity index (χ2v) is 9.12. The number of rotatable bonds is 6. The summed E-state index contributed by atoms with van der Waals surface area (Å²) in [6.07, 6.45) is 5.49. The van der Waals surface area contributed by atoms with Gasteiger partial charge in [0.05, 0.1) is 6.61 Å². The first-order valence-corrected chi connectivity index (χ1v) is 10.1. The van der Waals surface area contributed by atoms with Crippen LogP contribution in [0.3, 0.4) is 0 Å². The molecule has 3 fully saturated rings. The van der Waals surface area contributed by atoms with Gasteiger partial charge in [-0.1, -0.05) is 6.07 Å². The largest absolute Gasteiger partial charge is 0.381 e. The summed E-state index contributed by atoms with van der Waals surface area (Å²) in [6, 6.07) is 4.44. The number of nitrogens with zero attached hydrogens (tertiary/aromatic N) is 2. The third-order valence-electron chi connectivity index (χ3n) is 6.16. The van der Waals surface area contributed by atoms with E-state index in [9.17, 15) is 0 Å². The predicted molar refractivity (Wildman–Crippen MR) is 95.8 cm³/mol. The van der Waals surface area contributed by atoms with Crippen LogP contribution in [0.15, 0.2) is 17.5 Å². The molecule has 1 aromatic rings. The first-order chi connectivity index (χ1) is 11.2. The molecule has 0 amide bonds. The van der Waals surface area contributed by atoms with E-state index in [4.69, 9.17) is 4.74 Å². The average Bonchev–Trinajstić information content (AvgIpc) is 3.12. The van der Waals surface area contributed by atoms with E-state index >= 15 is 0 Å². The van der Waals surface area contributed by atoms with Gasteiger partial charge < -0.3 is 9.64 Å². The zero-order valence-electron chi connectivity index (χ0n) is 14.4. The fourth-order valence-electron chi connectivity index (χ4n) is 4.54. The molecule has 1 saturated carbocycles. The Hall–Kier alpha value is -0.420. The van der Waals surface area contributed by atoms with Gasteiger partial charge in [-0.25, -0.2) is 0 Å². The molecule has 1 aliphatic carbocycles. The standard InChI is InChI=1S/C19H30N2OS/c1-20-11-17(14-22-13-16-4-5-16)19(15-20)6-8-21(9-7-19)12-18-3-2-10-23-18/h2-3,10,16-17H,4-9,11-15H2,1H3/t17-/m1/s1. The van der Waals surface area contributed by atoms with Gasteiger partial charge in [0.25, 0.3) is 0 Å². The quantitative estimate of drug-likeness (QED) is 0.794. The molecule has 1 aromatic heterocycles. The number of piperidine rings is 1. The van der Waals surface area contributed by atoms with Gasteiger partial charge in [0.15, 0.2) is 0 Å². The van der Waals surface area contributed by atoms with E-state index in [1.165, 1.54) is 56.7 Å². The van der Waals surface area contributed by atoms with Crippen LogP contribution in [-0.4, -0.2) is 56.2 Å². The molecule has 1 spiro atoms. The number of hydrogen-bond donors (Lipinski definition) is 0. The summed E-state index contributed by atoms with van der Waals surface area (Å²) < 4.78 is 6.09. The molecular weight excluding hydrogens is 304 g/mol. The lowest BCUT2D eigenvalue weighted by Gasteiger charge is -2.42. The monoisotopic (exact) mass is 334 g/mol. The summed E-state index contributed by atoms with van der Waals surface area (Å²) in [6.45, 7) is 8.17. The van der Waals surface area contributed by atoms with Gasteiger partial charge in [-0.2, -0.15) is 0 Å². The second kappa shape index (κ2) is 6.83. The first kappa shape index (κ1) is 16.1. The van der Waals surface area contributed by atoms with Gasteiger partial charge in [0, 0.05) is 37.0 Å². The molecule has 0 bridgehead atoms. The minimum absolute atomic E-state index is 0.518. The lowest BCUT2D eigenvalue weighted by molar-refractivity contribution is 0.0169. The molecule has 3 aliphatic rings. The molecule has 2 aliphatic heterocycles. The van der Waals surface area contributed by atoms with Crippen LogP contribution in [0, 0.1) is 17.3 Å². The molecule has 128 valence electrons. The number of hydrogen-bond acceptors (Lipinski definition) is 4. The Bertz CT molecular complexity index is 491. The number of likely N-dealkylation sites (tertiary alicyclic amines) is 2. The van der Waals surface area contributed by atoms with Gasteiger partial charge in [-0.05, 0) is 68.6 Å². The average molecular weight is 335 g/mol. The molecule has 23 heavy (non-hydrogen) atoms. The van der Waals surface area contributed by atoms with Crippen molar-refractivity contribution in [3.63, 3.8) is 0 Å². The van der Waals surface area contributed by atoms with Gasteiger partial charge in [-0.15, -0.1) is 11.3 Å². The first-order valence-electron chi connectivity index (χ1n) is 9.25. The summed E-state index contributed by atoms with van der Waals surface area (Å²) in [4.78, 5) is 6.70. The van der Waals surface area contributed by atoms with Crippen molar-refractivity contribution in [3.8, 4) is 0 Å². The zero-order valence-corrected chi connectivity index (χ0v) is 15.2. The minimum Gasteiger partial charge on any atom is -0.381 e. The van der Waals surface area contributed by atoms with Crippen LogP contribution in [0.1, 0.15) is 30.6 Å². The molecule has 0 aromatic carbocycles. The lowest BCUT2D eigenvalue weighted by atomic mass is 9.71. The molecule has 3 nitrogen and oxygen atoms in total. The number of ether oxygens (including phenoxy) is 1. The van der Waals surface area contributed by atoms with Crippen molar-refractivity contribution in [2.45, 2.75) is 32.2 Å². The third-order valence-corrected chi connectivity index (χ3v) is 7.02. The molecule has 1 atom stereocenters. The van der Waals surface area contributed by atoms with Crippen molar-refractivity contribution in [1.82, 2.24) is 9.80 Å². The van der Waals surface area contributed by atoms with E-state index < -0.39 is 0 Å². The Balaban J connectivity index is 1.31. The zero-order chi connectivity index (χ0) is 15.7. The van der Waals surface area contributed by atoms with Gasteiger partial charge in [0.1, 0.15) is 0 Å². The predicted octanol–water partition coefficient (Wildman–Crippen LogP) is 3.32. The molecule has 4 heteroatoms. The van der Waals surface area contributed by atoms with Crippen molar-refractivity contribution in [1.29, 1.82) is 0 Å². The normalized spacial score (nSPS) is 28.7. The summed E-state index contributed by atoms with van der Waals surface area (Å²) in [5, 5.41) is 2.19. The summed E-state index contributed by atoms with van der Waals surface area (Å²) >= 11 is 1.89. The highest BCUT2D eigenvalue weighted by Crippen LogP contribution is 2.44. The SMILES string of the molecule is CN1C[C@H](COCC2CC2)C2(CCN(Cc3cccs3)CC2)C1. The van der Waals surface area contributed by atoms with Gasteiger partial charge in [0.2, 0.25) is 0 Å². The summed E-state index contributed by atoms with van der Waals surface area (Å²) in [5.74, 6) is 1.63. The van der Waals surface area contributed by atoms with Crippen LogP contribution >= 0.6 is 11.3 Å². The van der Waals surface area contributed by atoms with Crippen LogP contribution in [0.4, 0.5) is 0 Å². The Morgan fingerprint density at radius 3 is 2.78 bits per heavy atom. The second-order valence-electron chi connectivity index (χ2n) is 8.09. The molecule has 2 saturated heterocycles. The van der Waals surface area contributed by atoms with E-state index in [0.29, 0.717) is 5.41 Å². The highest BCUT2D eigenvalue weighted by atomic mass is 32.1.